The fraction of sp³-hybridized carbons (Fsp3) is 0.673. The van der Waals surface area contributed by atoms with Crippen LogP contribution in [0, 0.1) is 41.4 Å². The Morgan fingerprint density at radius 3 is 1.47 bits per heavy atom. The number of nitrogens with one attached hydrogen (secondary N) is 1. The molecule has 9 unspecified atom stereocenters. The van der Waals surface area contributed by atoms with Gasteiger partial charge in [-0.05, 0) is 132 Å². The average Bonchev–Trinajstić information content (AvgIpc) is 4.12. The fourth-order valence-corrected chi connectivity index (χ4v) is 12.2. The Labute approximate surface area is 395 Å². The van der Waals surface area contributed by atoms with Crippen LogP contribution >= 0.6 is 0 Å². The topological polar surface area (TPSA) is 233 Å². The number of ether oxygens (including phenoxy) is 1. The summed E-state index contributed by atoms with van der Waals surface area (Å²) in [7, 11) is 0. The van der Waals surface area contributed by atoms with E-state index in [0.717, 1.165) is 70.6 Å². The van der Waals surface area contributed by atoms with Gasteiger partial charge in [-0.25, -0.2) is 19.2 Å². The van der Waals surface area contributed by atoms with Crippen molar-refractivity contribution < 1.29 is 67.2 Å². The predicted octanol–water partition coefficient (Wildman–Crippen LogP) is 4.84. The van der Waals surface area contributed by atoms with Crippen LogP contribution < -0.4 is 5.32 Å². The van der Waals surface area contributed by atoms with Crippen LogP contribution in [0.3, 0.4) is 0 Å². The number of rotatable bonds is 9. The Kier molecular flexibility index (Phi) is 15.9. The van der Waals surface area contributed by atoms with Crippen molar-refractivity contribution in [2.24, 2.45) is 41.4 Å². The van der Waals surface area contributed by atoms with Crippen molar-refractivity contribution in [2.75, 3.05) is 13.2 Å². The lowest BCUT2D eigenvalue weighted by molar-refractivity contribution is -0.206. The highest BCUT2D eigenvalue weighted by Crippen LogP contribution is 2.57. The molecule has 68 heavy (non-hydrogen) atoms. The van der Waals surface area contributed by atoms with Crippen molar-refractivity contribution in [3.05, 3.63) is 36.5 Å². The van der Waals surface area contributed by atoms with Crippen LogP contribution in [0.1, 0.15) is 135 Å². The van der Waals surface area contributed by atoms with E-state index in [-0.39, 0.29) is 81.8 Å². The molecule has 10 rings (SSSR count). The summed E-state index contributed by atoms with van der Waals surface area (Å²) in [5, 5.41) is 4.65. The second-order valence-corrected chi connectivity index (χ2v) is 19.5. The smallest absolute Gasteiger partial charge is 0.358 e. The molecule has 19 nitrogen and oxygen atoms in total. The summed E-state index contributed by atoms with van der Waals surface area (Å²) in [5.41, 5.74) is 0. The van der Waals surface area contributed by atoms with Crippen LogP contribution in [0.2, 0.25) is 0 Å². The maximum Gasteiger partial charge on any atom is 0.358 e. The average molecular weight is 946 g/mol. The minimum atomic E-state index is -0.776. The normalized spacial score (nSPS) is 34.1. The van der Waals surface area contributed by atoms with Crippen molar-refractivity contribution in [1.29, 1.82) is 0 Å². The van der Waals surface area contributed by atoms with Gasteiger partial charge in [-0.1, -0.05) is 36.5 Å². The number of imide groups is 3. The summed E-state index contributed by atoms with van der Waals surface area (Å²) >= 11 is 0. The Morgan fingerprint density at radius 1 is 0.500 bits per heavy atom. The molecule has 8 amide bonds. The molecule has 1 N–H and O–H groups in total. The number of amides is 8. The van der Waals surface area contributed by atoms with E-state index in [2.05, 4.69) is 41.8 Å². The highest BCUT2D eigenvalue weighted by atomic mass is 16.7. The summed E-state index contributed by atoms with van der Waals surface area (Å²) < 4.78 is 5.96. The van der Waals surface area contributed by atoms with Gasteiger partial charge in [0.1, 0.15) is 13.2 Å². The summed E-state index contributed by atoms with van der Waals surface area (Å²) in [6, 6.07) is -0.377. The molecule has 6 aliphatic carbocycles. The summed E-state index contributed by atoms with van der Waals surface area (Å²) in [6.45, 7) is -0.458. The molecule has 0 radical (unpaired) electrons. The van der Waals surface area contributed by atoms with Gasteiger partial charge in [0.15, 0.2) is 0 Å². The van der Waals surface area contributed by atoms with Crippen molar-refractivity contribution in [1.82, 2.24) is 25.4 Å². The Morgan fingerprint density at radius 2 is 0.941 bits per heavy atom. The SMILES string of the molecule is O=C(CN1C(=O)NC2CC/C=C/CCC21)ON1C(=O)CCC1=O.O=C(COC1C2CCC1C1CC/C=C/CCC12)ON1C(=O)CCC1=O.O=C(ON1C(=O)CCC1=O)C1CC2CC/C=C/CCC21. The van der Waals surface area contributed by atoms with Crippen molar-refractivity contribution in [3.8, 4) is 0 Å². The zero-order chi connectivity index (χ0) is 47.9. The van der Waals surface area contributed by atoms with Crippen molar-refractivity contribution >= 4 is 59.4 Å². The van der Waals surface area contributed by atoms with Crippen LogP contribution in [-0.2, 0) is 62.4 Å². The molecule has 0 spiro atoms. The van der Waals surface area contributed by atoms with E-state index in [0.29, 0.717) is 50.7 Å². The first kappa shape index (κ1) is 48.7. The van der Waals surface area contributed by atoms with E-state index in [9.17, 15) is 47.9 Å². The third kappa shape index (κ3) is 11.1. The summed E-state index contributed by atoms with van der Waals surface area (Å²) in [4.78, 5) is 133. The lowest BCUT2D eigenvalue weighted by Crippen LogP contribution is -2.45. The van der Waals surface area contributed by atoms with E-state index in [1.165, 1.54) is 30.6 Å². The van der Waals surface area contributed by atoms with Gasteiger partial charge in [0, 0.05) is 38.5 Å². The second-order valence-electron chi connectivity index (χ2n) is 19.5. The largest absolute Gasteiger partial charge is 0.366 e. The number of carbonyl (C=O) groups is 10. The van der Waals surface area contributed by atoms with Crippen LogP contribution in [0.5, 0.6) is 0 Å². The molecule has 7 fully saturated rings. The summed E-state index contributed by atoms with van der Waals surface area (Å²) in [5.74, 6) is -1.35. The first-order chi connectivity index (χ1) is 32.9. The number of urea groups is 1. The van der Waals surface area contributed by atoms with Gasteiger partial charge in [-0.2, -0.15) is 0 Å². The van der Waals surface area contributed by atoms with Gasteiger partial charge in [-0.3, -0.25) is 28.8 Å². The fourth-order valence-electron chi connectivity index (χ4n) is 12.2. The molecule has 9 atom stereocenters. The molecule has 368 valence electrons. The lowest BCUT2D eigenvalue weighted by Gasteiger charge is -2.44. The molecular weight excluding hydrogens is 883 g/mol. The van der Waals surface area contributed by atoms with Crippen molar-refractivity contribution in [2.45, 2.75) is 153 Å². The number of hydroxylamine groups is 6. The Bertz CT molecular complexity index is 2030. The highest BCUT2D eigenvalue weighted by molar-refractivity contribution is 6.03. The van der Waals surface area contributed by atoms with Gasteiger partial charge in [0.2, 0.25) is 0 Å². The molecule has 0 aromatic heterocycles. The molecule has 0 aromatic rings. The zero-order valence-corrected chi connectivity index (χ0v) is 38.5. The number of hydrogen-bond acceptors (Lipinski definition) is 14. The molecule has 19 heteroatoms. The number of fused-ring (bicyclic) bond motifs is 7. The van der Waals surface area contributed by atoms with Crippen LogP contribution in [-0.4, -0.2) is 111 Å². The molecule has 2 bridgehead atoms. The van der Waals surface area contributed by atoms with Crippen LogP contribution in [0.25, 0.3) is 0 Å². The van der Waals surface area contributed by atoms with E-state index in [1.807, 2.05) is 0 Å². The highest BCUT2D eigenvalue weighted by Gasteiger charge is 2.54. The van der Waals surface area contributed by atoms with Gasteiger partial charge in [-0.15, -0.1) is 15.2 Å². The quantitative estimate of drug-likeness (QED) is 0.241. The Hall–Kier alpha value is -5.72. The molecule has 4 heterocycles. The Balaban J connectivity index is 0.000000139. The molecule has 3 saturated carbocycles. The number of hydrogen-bond donors (Lipinski definition) is 1. The minimum Gasteiger partial charge on any atom is -0.366 e. The monoisotopic (exact) mass is 945 g/mol. The number of carbonyl (C=O) groups excluding carboxylic acids is 10. The molecule has 4 saturated heterocycles. The van der Waals surface area contributed by atoms with Gasteiger partial charge >= 0.3 is 23.9 Å². The maximum absolute atomic E-state index is 12.1. The number of nitrogens with zero attached hydrogens (tertiary/aromatic N) is 4. The lowest BCUT2D eigenvalue weighted by atomic mass is 9.61. The van der Waals surface area contributed by atoms with Gasteiger partial charge < -0.3 is 29.5 Å². The maximum atomic E-state index is 12.1. The van der Waals surface area contributed by atoms with Gasteiger partial charge in [0.25, 0.3) is 35.4 Å². The minimum absolute atomic E-state index is 0.00954. The van der Waals surface area contributed by atoms with E-state index in [1.54, 1.807) is 0 Å². The first-order valence-corrected chi connectivity index (χ1v) is 24.7. The van der Waals surface area contributed by atoms with Crippen molar-refractivity contribution in [3.63, 3.8) is 0 Å². The second kappa shape index (κ2) is 22.1. The molecule has 10 aliphatic rings. The molecular formula is C49H63N5O14. The summed E-state index contributed by atoms with van der Waals surface area (Å²) in [6.07, 6.45) is 29.2. The van der Waals surface area contributed by atoms with Crippen LogP contribution in [0.15, 0.2) is 36.5 Å². The predicted molar refractivity (Wildman–Crippen MR) is 235 cm³/mol. The third-order valence-electron chi connectivity index (χ3n) is 15.5. The first-order valence-electron chi connectivity index (χ1n) is 24.7. The molecule has 0 aromatic carbocycles. The number of allylic oxidation sites excluding steroid dienone is 6. The standard InChI is InChI=1S/C19H25NO5.C15H19N3O5.C15H19NO4/c21-16-9-10-17(22)20(16)25-18(23)11-24-19-14-7-8-15(19)13-6-4-2-1-3-5-12(13)14;19-12-7-8-13(20)18(12)23-14(21)9-17-11-6-4-2-1-3-5-10(11)16-15(17)22;17-13-7-8-14(18)16(13)20-15(19)12-9-10-5-3-1-2-4-6-11(10)12/h1-2,12-15,19H,3-11H2;1-2,10-11H,3-9H2,(H,16,22);1-2,10-12H,3-9H2/b3*2-1+. The zero-order valence-electron chi connectivity index (χ0n) is 38.5. The van der Waals surface area contributed by atoms with E-state index >= 15 is 0 Å². The van der Waals surface area contributed by atoms with E-state index < -0.39 is 53.4 Å². The van der Waals surface area contributed by atoms with Gasteiger partial charge in [0.05, 0.1) is 24.1 Å². The third-order valence-corrected chi connectivity index (χ3v) is 15.5. The molecule has 4 aliphatic heterocycles. The van der Waals surface area contributed by atoms with Crippen LogP contribution in [0.4, 0.5) is 4.79 Å². The van der Waals surface area contributed by atoms with E-state index in [4.69, 9.17) is 19.2 Å².